The van der Waals surface area contributed by atoms with E-state index in [4.69, 9.17) is 14.2 Å². The fourth-order valence-electron chi connectivity index (χ4n) is 2.43. The standard InChI is InChI=1S/C19H23NO6S/c1-4-26-19(21)15-6-8-16(9-7-15)27(22,23)20-12-11-14-5-10-17(24-2)18(13-14)25-3/h5-10,13,20H,4,11-12H2,1-3H3. The van der Waals surface area contributed by atoms with E-state index < -0.39 is 16.0 Å². The summed E-state index contributed by atoms with van der Waals surface area (Å²) >= 11 is 0. The summed E-state index contributed by atoms with van der Waals surface area (Å²) in [5, 5.41) is 0. The van der Waals surface area contributed by atoms with Gasteiger partial charge in [0.2, 0.25) is 10.0 Å². The van der Waals surface area contributed by atoms with Crippen molar-refractivity contribution in [2.45, 2.75) is 18.2 Å². The normalized spacial score (nSPS) is 11.1. The van der Waals surface area contributed by atoms with Crippen LogP contribution in [0, 0.1) is 0 Å². The molecule has 0 aliphatic rings. The van der Waals surface area contributed by atoms with Crippen LogP contribution < -0.4 is 14.2 Å². The Balaban J connectivity index is 1.99. The molecule has 7 nitrogen and oxygen atoms in total. The molecule has 2 rings (SSSR count). The fraction of sp³-hybridized carbons (Fsp3) is 0.316. The Kier molecular flexibility index (Phi) is 7.20. The van der Waals surface area contributed by atoms with Gasteiger partial charge >= 0.3 is 5.97 Å². The van der Waals surface area contributed by atoms with Crippen molar-refractivity contribution in [2.75, 3.05) is 27.4 Å². The van der Waals surface area contributed by atoms with Crippen LogP contribution in [-0.4, -0.2) is 41.8 Å². The summed E-state index contributed by atoms with van der Waals surface area (Å²) in [5.74, 6) is 0.721. The molecule has 0 spiro atoms. The van der Waals surface area contributed by atoms with Crippen LogP contribution in [-0.2, 0) is 21.2 Å². The molecule has 0 heterocycles. The number of ether oxygens (including phenoxy) is 3. The SMILES string of the molecule is CCOC(=O)c1ccc(S(=O)(=O)NCCc2ccc(OC)c(OC)c2)cc1. The van der Waals surface area contributed by atoms with Crippen LogP contribution in [0.1, 0.15) is 22.8 Å². The van der Waals surface area contributed by atoms with Gasteiger partial charge in [-0.2, -0.15) is 0 Å². The van der Waals surface area contributed by atoms with Crippen LogP contribution in [0.5, 0.6) is 11.5 Å². The Bertz CT molecular complexity index is 878. The molecular formula is C19H23NO6S. The van der Waals surface area contributed by atoms with E-state index in [1.807, 2.05) is 6.07 Å². The number of carbonyl (C=O) groups excluding carboxylic acids is 1. The number of rotatable bonds is 9. The summed E-state index contributed by atoms with van der Waals surface area (Å²) in [6.07, 6.45) is 0.487. The molecule has 146 valence electrons. The summed E-state index contributed by atoms with van der Waals surface area (Å²) in [5.41, 5.74) is 1.22. The van der Waals surface area contributed by atoms with E-state index >= 15 is 0 Å². The predicted octanol–water partition coefficient (Wildman–Crippen LogP) is 2.40. The molecule has 1 N–H and O–H groups in total. The number of carbonyl (C=O) groups is 1. The molecule has 0 atom stereocenters. The topological polar surface area (TPSA) is 90.9 Å². The van der Waals surface area contributed by atoms with Gasteiger partial charge in [-0.3, -0.25) is 0 Å². The minimum Gasteiger partial charge on any atom is -0.493 e. The largest absolute Gasteiger partial charge is 0.493 e. The van der Waals surface area contributed by atoms with Crippen molar-refractivity contribution < 1.29 is 27.4 Å². The highest BCUT2D eigenvalue weighted by Gasteiger charge is 2.15. The second-order valence-corrected chi connectivity index (χ2v) is 7.35. The third kappa shape index (κ3) is 5.45. The highest BCUT2D eigenvalue weighted by molar-refractivity contribution is 7.89. The van der Waals surface area contributed by atoms with Gasteiger partial charge in [0.05, 0.1) is 31.3 Å². The van der Waals surface area contributed by atoms with Crippen LogP contribution in [0.4, 0.5) is 0 Å². The van der Waals surface area contributed by atoms with Crippen molar-refractivity contribution in [3.8, 4) is 11.5 Å². The number of benzene rings is 2. The number of hydrogen-bond acceptors (Lipinski definition) is 6. The van der Waals surface area contributed by atoms with E-state index in [-0.39, 0.29) is 18.0 Å². The molecule has 0 unspecified atom stereocenters. The molecule has 0 saturated carbocycles. The van der Waals surface area contributed by atoms with Gasteiger partial charge in [0.25, 0.3) is 0 Å². The summed E-state index contributed by atoms with van der Waals surface area (Å²) in [6, 6.07) is 11.1. The first-order chi connectivity index (χ1) is 12.9. The maximum atomic E-state index is 12.4. The summed E-state index contributed by atoms with van der Waals surface area (Å²) in [4.78, 5) is 11.7. The van der Waals surface area contributed by atoms with E-state index in [9.17, 15) is 13.2 Å². The first-order valence-corrected chi connectivity index (χ1v) is 9.87. The predicted molar refractivity (Wildman–Crippen MR) is 101 cm³/mol. The molecule has 2 aromatic rings. The number of methoxy groups -OCH3 is 2. The molecule has 0 radical (unpaired) electrons. The first-order valence-electron chi connectivity index (χ1n) is 8.39. The van der Waals surface area contributed by atoms with Crippen molar-refractivity contribution in [1.29, 1.82) is 0 Å². The Labute approximate surface area is 159 Å². The van der Waals surface area contributed by atoms with Crippen LogP contribution in [0.15, 0.2) is 47.4 Å². The molecule has 0 bridgehead atoms. The molecule has 0 fully saturated rings. The van der Waals surface area contributed by atoms with E-state index in [2.05, 4.69) is 4.72 Å². The molecule has 0 aromatic heterocycles. The average Bonchev–Trinajstić information content (AvgIpc) is 2.68. The number of hydrogen-bond donors (Lipinski definition) is 1. The quantitative estimate of drug-likeness (QED) is 0.658. The minimum atomic E-state index is -3.67. The highest BCUT2D eigenvalue weighted by atomic mass is 32.2. The summed E-state index contributed by atoms with van der Waals surface area (Å²) < 4.78 is 42.6. The van der Waals surface area contributed by atoms with Gasteiger partial charge in [0, 0.05) is 6.54 Å². The van der Waals surface area contributed by atoms with Gasteiger partial charge < -0.3 is 14.2 Å². The fourth-order valence-corrected chi connectivity index (χ4v) is 3.47. The number of nitrogens with one attached hydrogen (secondary N) is 1. The Morgan fingerprint density at radius 2 is 1.67 bits per heavy atom. The van der Waals surface area contributed by atoms with Gasteiger partial charge in [-0.05, 0) is 55.3 Å². The Hall–Kier alpha value is -2.58. The molecule has 0 aliphatic carbocycles. The molecule has 8 heteroatoms. The van der Waals surface area contributed by atoms with Crippen molar-refractivity contribution >= 4 is 16.0 Å². The lowest BCUT2D eigenvalue weighted by Gasteiger charge is -2.10. The van der Waals surface area contributed by atoms with Crippen molar-refractivity contribution in [1.82, 2.24) is 4.72 Å². The summed E-state index contributed by atoms with van der Waals surface area (Å²) in [7, 11) is -0.571. The van der Waals surface area contributed by atoms with Gasteiger partial charge in [-0.1, -0.05) is 6.07 Å². The van der Waals surface area contributed by atoms with E-state index in [1.54, 1.807) is 33.3 Å². The third-order valence-corrected chi connectivity index (χ3v) is 5.31. The first kappa shape index (κ1) is 20.7. The monoisotopic (exact) mass is 393 g/mol. The van der Waals surface area contributed by atoms with Crippen LogP contribution >= 0.6 is 0 Å². The molecule has 0 amide bonds. The molecule has 27 heavy (non-hydrogen) atoms. The zero-order valence-corrected chi connectivity index (χ0v) is 16.3. The van der Waals surface area contributed by atoms with E-state index in [1.165, 1.54) is 24.3 Å². The van der Waals surface area contributed by atoms with E-state index in [0.717, 1.165) is 5.56 Å². The van der Waals surface area contributed by atoms with Crippen molar-refractivity contribution in [3.63, 3.8) is 0 Å². The maximum absolute atomic E-state index is 12.4. The van der Waals surface area contributed by atoms with Gasteiger partial charge in [-0.15, -0.1) is 0 Å². The van der Waals surface area contributed by atoms with Crippen LogP contribution in [0.2, 0.25) is 0 Å². The second kappa shape index (κ2) is 9.38. The lowest BCUT2D eigenvalue weighted by atomic mass is 10.1. The van der Waals surface area contributed by atoms with Gasteiger partial charge in [-0.25, -0.2) is 17.9 Å². The van der Waals surface area contributed by atoms with Crippen LogP contribution in [0.25, 0.3) is 0 Å². The lowest BCUT2D eigenvalue weighted by Crippen LogP contribution is -2.26. The Morgan fingerprint density at radius 1 is 1.00 bits per heavy atom. The zero-order chi connectivity index (χ0) is 19.9. The average molecular weight is 393 g/mol. The minimum absolute atomic E-state index is 0.0860. The van der Waals surface area contributed by atoms with E-state index in [0.29, 0.717) is 23.5 Å². The number of esters is 1. The molecular weight excluding hydrogens is 370 g/mol. The number of sulfonamides is 1. The Morgan fingerprint density at radius 3 is 2.26 bits per heavy atom. The van der Waals surface area contributed by atoms with Crippen LogP contribution in [0.3, 0.4) is 0 Å². The van der Waals surface area contributed by atoms with Gasteiger partial charge in [0.15, 0.2) is 11.5 Å². The molecule has 2 aromatic carbocycles. The van der Waals surface area contributed by atoms with Gasteiger partial charge in [0.1, 0.15) is 0 Å². The van der Waals surface area contributed by atoms with Crippen molar-refractivity contribution in [2.24, 2.45) is 0 Å². The maximum Gasteiger partial charge on any atom is 0.338 e. The zero-order valence-electron chi connectivity index (χ0n) is 15.5. The van der Waals surface area contributed by atoms with Crippen molar-refractivity contribution in [3.05, 3.63) is 53.6 Å². The smallest absolute Gasteiger partial charge is 0.338 e. The third-order valence-electron chi connectivity index (χ3n) is 3.83. The molecule has 0 aliphatic heterocycles. The highest BCUT2D eigenvalue weighted by Crippen LogP contribution is 2.27. The lowest BCUT2D eigenvalue weighted by molar-refractivity contribution is 0.0526. The second-order valence-electron chi connectivity index (χ2n) is 5.58. The molecule has 0 saturated heterocycles. The summed E-state index contributed by atoms with van der Waals surface area (Å²) in [6.45, 7) is 2.19.